The Hall–Kier alpha value is -4.28. The summed E-state index contributed by atoms with van der Waals surface area (Å²) in [4.78, 5) is 5.26. The number of thiophene rings is 1. The molecular weight excluding hydrogens is 719 g/mol. The van der Waals surface area contributed by atoms with E-state index >= 15 is 0 Å². The van der Waals surface area contributed by atoms with E-state index in [9.17, 15) is 0 Å². The van der Waals surface area contributed by atoms with Crippen LogP contribution in [0.2, 0.25) is 0 Å². The number of hydrogen-bond acceptors (Lipinski definition) is 3. The van der Waals surface area contributed by atoms with Gasteiger partial charge in [0.15, 0.2) is 0 Å². The van der Waals surface area contributed by atoms with E-state index in [0.717, 1.165) is 0 Å². The van der Waals surface area contributed by atoms with Crippen molar-refractivity contribution in [2.45, 2.75) is 144 Å². The van der Waals surface area contributed by atoms with Gasteiger partial charge in [0.05, 0.1) is 5.69 Å². The van der Waals surface area contributed by atoms with Gasteiger partial charge in [-0.25, -0.2) is 0 Å². The maximum Gasteiger partial charge on any atom is 0.264 e. The van der Waals surface area contributed by atoms with Crippen molar-refractivity contribution in [2.24, 2.45) is 0 Å². The van der Waals surface area contributed by atoms with Gasteiger partial charge in [-0.15, -0.1) is 11.3 Å². The van der Waals surface area contributed by atoms with E-state index < -0.39 is 0 Å². The fourth-order valence-electron chi connectivity index (χ4n) is 10.2. The molecule has 1 aliphatic carbocycles. The molecule has 3 aliphatic rings. The fraction of sp³-hybridized carbons (Fsp3) is 0.407. The van der Waals surface area contributed by atoms with Crippen LogP contribution in [0.4, 0.5) is 34.1 Å². The van der Waals surface area contributed by atoms with E-state index in [2.05, 4.69) is 199 Å². The highest BCUT2D eigenvalue weighted by Crippen LogP contribution is 2.53. The minimum atomic E-state index is 0.0103. The molecule has 3 heterocycles. The first-order valence-corrected chi connectivity index (χ1v) is 22.5. The minimum Gasteiger partial charge on any atom is -0.311 e. The molecule has 2 aliphatic heterocycles. The lowest BCUT2D eigenvalue weighted by atomic mass is 9.36. The lowest BCUT2D eigenvalue weighted by Gasteiger charge is -2.44. The molecule has 0 radical (unpaired) electrons. The standard InChI is InChI=1S/C54H63BN2S/c1-32-26-44-47-45(27-32)57(42-22-18-35(28-33(42)2)51(6,7)8)48-38-30-39-40(54(14,15)25-24-53(39,12)13)31-46(38)58-49(48)55(47)41-29-36(52(9,10)11)19-23-43(41)56(44)37-20-16-34(17-21-37)50(3,4)5/h16-23,26-31H,24-25H2,1-15H3. The summed E-state index contributed by atoms with van der Waals surface area (Å²) in [6.45, 7) is 35.6. The topological polar surface area (TPSA) is 6.48 Å². The molecule has 0 saturated heterocycles. The molecule has 0 saturated carbocycles. The van der Waals surface area contributed by atoms with Crippen LogP contribution in [0.25, 0.3) is 10.1 Å². The maximum absolute atomic E-state index is 2.69. The molecule has 2 nitrogen and oxygen atoms in total. The van der Waals surface area contributed by atoms with Gasteiger partial charge in [0.25, 0.3) is 6.71 Å². The molecule has 6 aromatic rings. The highest BCUT2D eigenvalue weighted by molar-refractivity contribution is 7.33. The SMILES string of the molecule is Cc1cc2c3c(c1)N(c1ccc(C(C)(C)C)cc1C)c1c(sc4cc5c(cc14)C(C)(C)CCC5(C)C)B3c1cc(C(C)(C)C)ccc1N2c1ccc(C(C)(C)C)cc1. The van der Waals surface area contributed by atoms with Gasteiger partial charge in [-0.05, 0) is 152 Å². The second-order valence-corrected chi connectivity index (χ2v) is 23.5. The van der Waals surface area contributed by atoms with Crippen molar-refractivity contribution < 1.29 is 0 Å². The van der Waals surface area contributed by atoms with Crippen LogP contribution >= 0.6 is 11.3 Å². The first kappa shape index (κ1) is 39.2. The Bertz CT molecular complexity index is 2650. The highest BCUT2D eigenvalue weighted by atomic mass is 32.1. The van der Waals surface area contributed by atoms with Gasteiger partial charge in [-0.2, -0.15) is 0 Å². The summed E-state index contributed by atoms with van der Waals surface area (Å²) < 4.78 is 2.86. The summed E-state index contributed by atoms with van der Waals surface area (Å²) in [5.74, 6) is 0. The van der Waals surface area contributed by atoms with Crippen LogP contribution in [0.1, 0.15) is 142 Å². The molecule has 0 amide bonds. The molecule has 298 valence electrons. The molecule has 0 atom stereocenters. The van der Waals surface area contributed by atoms with E-state index in [0.29, 0.717) is 0 Å². The Morgan fingerprint density at radius 3 is 1.64 bits per heavy atom. The number of nitrogens with zero attached hydrogens (tertiary/aromatic N) is 2. The Kier molecular flexibility index (Phi) is 8.53. The van der Waals surface area contributed by atoms with Crippen LogP contribution in [0, 0.1) is 13.8 Å². The molecule has 0 unspecified atom stereocenters. The van der Waals surface area contributed by atoms with E-state index in [1.165, 1.54) is 112 Å². The van der Waals surface area contributed by atoms with Gasteiger partial charge in [0.2, 0.25) is 0 Å². The first-order chi connectivity index (χ1) is 27.0. The van der Waals surface area contributed by atoms with Crippen molar-refractivity contribution >= 4 is 78.0 Å². The highest BCUT2D eigenvalue weighted by Gasteiger charge is 2.47. The predicted molar refractivity (Wildman–Crippen MR) is 257 cm³/mol. The molecule has 0 N–H and O–H groups in total. The van der Waals surface area contributed by atoms with Crippen molar-refractivity contribution in [2.75, 3.05) is 9.80 Å². The van der Waals surface area contributed by atoms with Crippen LogP contribution in [0.5, 0.6) is 0 Å². The smallest absolute Gasteiger partial charge is 0.264 e. The molecule has 0 bridgehead atoms. The van der Waals surface area contributed by atoms with Gasteiger partial charge in [-0.1, -0.05) is 126 Å². The summed E-state index contributed by atoms with van der Waals surface area (Å²) in [7, 11) is 0. The summed E-state index contributed by atoms with van der Waals surface area (Å²) in [6, 6.07) is 34.2. The van der Waals surface area contributed by atoms with Crippen molar-refractivity contribution in [3.05, 3.63) is 124 Å². The zero-order chi connectivity index (χ0) is 41.6. The molecule has 58 heavy (non-hydrogen) atoms. The lowest BCUT2D eigenvalue weighted by Crippen LogP contribution is -2.60. The zero-order valence-corrected chi connectivity index (χ0v) is 38.7. The number of fused-ring (bicyclic) bond motifs is 7. The largest absolute Gasteiger partial charge is 0.311 e. The van der Waals surface area contributed by atoms with Crippen molar-refractivity contribution in [3.8, 4) is 0 Å². The van der Waals surface area contributed by atoms with Gasteiger partial charge in [0, 0.05) is 43.3 Å². The van der Waals surface area contributed by atoms with Crippen LogP contribution in [-0.2, 0) is 27.1 Å². The van der Waals surface area contributed by atoms with Gasteiger partial charge < -0.3 is 9.80 Å². The summed E-state index contributed by atoms with van der Waals surface area (Å²) in [5.41, 5.74) is 20.7. The third kappa shape index (κ3) is 6.02. The normalized spacial score (nSPS) is 16.9. The van der Waals surface area contributed by atoms with Crippen LogP contribution in [0.15, 0.2) is 84.9 Å². The number of hydrogen-bond donors (Lipinski definition) is 0. The zero-order valence-electron chi connectivity index (χ0n) is 37.9. The second kappa shape index (κ2) is 12.6. The molecule has 4 heteroatoms. The van der Waals surface area contributed by atoms with Crippen LogP contribution < -0.4 is 25.5 Å². The van der Waals surface area contributed by atoms with Gasteiger partial charge in [-0.3, -0.25) is 0 Å². The monoisotopic (exact) mass is 782 g/mol. The average Bonchev–Trinajstić information content (AvgIpc) is 3.50. The van der Waals surface area contributed by atoms with Crippen molar-refractivity contribution in [3.63, 3.8) is 0 Å². The van der Waals surface area contributed by atoms with Crippen molar-refractivity contribution in [1.29, 1.82) is 0 Å². The molecular formula is C54H63BN2S. The third-order valence-electron chi connectivity index (χ3n) is 13.9. The molecule has 0 spiro atoms. The molecule has 1 aromatic heterocycles. The summed E-state index contributed by atoms with van der Waals surface area (Å²) >= 11 is 2.05. The van der Waals surface area contributed by atoms with Gasteiger partial charge >= 0.3 is 0 Å². The number of anilines is 6. The Labute approximate surface area is 353 Å². The average molecular weight is 783 g/mol. The number of aryl methyl sites for hydroxylation is 2. The fourth-order valence-corrected chi connectivity index (χ4v) is 11.5. The van der Waals surface area contributed by atoms with Crippen LogP contribution in [-0.4, -0.2) is 6.71 Å². The molecule has 5 aromatic carbocycles. The molecule has 9 rings (SSSR count). The summed E-state index contributed by atoms with van der Waals surface area (Å²) in [5, 5.41) is 1.39. The third-order valence-corrected chi connectivity index (χ3v) is 15.1. The maximum atomic E-state index is 2.69. The predicted octanol–water partition coefficient (Wildman–Crippen LogP) is 13.8. The number of rotatable bonds is 2. The van der Waals surface area contributed by atoms with Crippen LogP contribution in [0.3, 0.4) is 0 Å². The van der Waals surface area contributed by atoms with Gasteiger partial charge in [0.1, 0.15) is 0 Å². The van der Waals surface area contributed by atoms with Crippen molar-refractivity contribution in [1.82, 2.24) is 0 Å². The number of benzene rings is 5. The van der Waals surface area contributed by atoms with E-state index in [4.69, 9.17) is 0 Å². The Balaban J connectivity index is 1.41. The second-order valence-electron chi connectivity index (χ2n) is 22.4. The Morgan fingerprint density at radius 1 is 0.552 bits per heavy atom. The lowest BCUT2D eigenvalue weighted by molar-refractivity contribution is 0.332. The minimum absolute atomic E-state index is 0.0103. The quantitative estimate of drug-likeness (QED) is 0.161. The van der Waals surface area contributed by atoms with E-state index in [-0.39, 0.29) is 33.8 Å². The molecule has 0 fully saturated rings. The first-order valence-electron chi connectivity index (χ1n) is 21.7. The van der Waals surface area contributed by atoms with E-state index in [1.54, 1.807) is 0 Å². The summed E-state index contributed by atoms with van der Waals surface area (Å²) in [6.07, 6.45) is 2.41. The van der Waals surface area contributed by atoms with E-state index in [1.807, 2.05) is 11.3 Å². The Morgan fingerprint density at radius 2 is 1.07 bits per heavy atom.